The Labute approximate surface area is 140 Å². The van der Waals surface area contributed by atoms with Gasteiger partial charge in [0.15, 0.2) is 4.90 Å². The molecule has 24 heavy (non-hydrogen) atoms. The van der Waals surface area contributed by atoms with Gasteiger partial charge in [-0.2, -0.15) is 4.31 Å². The second-order valence-corrected chi connectivity index (χ2v) is 8.05. The maximum Gasteiger partial charge on any atom is 0.289 e. The molecule has 10 heteroatoms. The molecule has 0 atom stereocenters. The Morgan fingerprint density at radius 3 is 2.25 bits per heavy atom. The molecular weight excluding hydrogens is 336 g/mol. The molecule has 0 saturated carbocycles. The molecule has 0 aliphatic carbocycles. The number of carbonyl (C=O) groups is 1. The van der Waals surface area contributed by atoms with Gasteiger partial charge in [-0.3, -0.25) is 14.9 Å². The van der Waals surface area contributed by atoms with Crippen LogP contribution in [0.1, 0.15) is 13.8 Å². The van der Waals surface area contributed by atoms with Gasteiger partial charge < -0.3 is 10.6 Å². The molecule has 1 fully saturated rings. The molecular formula is C14H20N4O5S. The van der Waals surface area contributed by atoms with E-state index in [4.69, 9.17) is 5.73 Å². The molecule has 1 aromatic carbocycles. The maximum atomic E-state index is 12.7. The van der Waals surface area contributed by atoms with Crippen LogP contribution in [0.15, 0.2) is 29.2 Å². The average molecular weight is 356 g/mol. The van der Waals surface area contributed by atoms with E-state index in [0.29, 0.717) is 0 Å². The number of nitro groups is 1. The minimum atomic E-state index is -4.00. The molecule has 132 valence electrons. The first-order valence-electron chi connectivity index (χ1n) is 7.37. The third-order valence-corrected chi connectivity index (χ3v) is 5.70. The Hall–Kier alpha value is -2.04. The number of amides is 1. The fraction of sp³-hybridized carbons (Fsp3) is 0.500. The largest absolute Gasteiger partial charge is 0.338 e. The number of benzene rings is 1. The van der Waals surface area contributed by atoms with Crippen LogP contribution < -0.4 is 5.73 Å². The lowest BCUT2D eigenvalue weighted by molar-refractivity contribution is -0.387. The van der Waals surface area contributed by atoms with Crippen LogP contribution in [0.3, 0.4) is 0 Å². The Balaban J connectivity index is 2.20. The molecule has 1 heterocycles. The van der Waals surface area contributed by atoms with Crippen LogP contribution in [0.4, 0.5) is 5.69 Å². The van der Waals surface area contributed by atoms with Crippen LogP contribution in [0.2, 0.25) is 0 Å². The molecule has 0 unspecified atom stereocenters. The van der Waals surface area contributed by atoms with Crippen molar-refractivity contribution in [2.24, 2.45) is 5.73 Å². The Kier molecular flexibility index (Phi) is 4.92. The lowest BCUT2D eigenvalue weighted by atomic mass is 10.1. The molecule has 2 rings (SSSR count). The number of nitrogens with zero attached hydrogens (tertiary/aromatic N) is 3. The third-order valence-electron chi connectivity index (χ3n) is 3.76. The van der Waals surface area contributed by atoms with Gasteiger partial charge in [0.05, 0.1) is 10.5 Å². The SMILES string of the molecule is CC(C)(N)C(=O)N1CCN(S(=O)(=O)c2ccccc2[N+](=O)[O-])CC1. The smallest absolute Gasteiger partial charge is 0.289 e. The number of piperazine rings is 1. The van der Waals surface area contributed by atoms with Crippen LogP contribution >= 0.6 is 0 Å². The molecule has 1 saturated heterocycles. The highest BCUT2D eigenvalue weighted by atomic mass is 32.2. The highest BCUT2D eigenvalue weighted by Gasteiger charge is 2.36. The fourth-order valence-corrected chi connectivity index (χ4v) is 4.08. The van der Waals surface area contributed by atoms with Crippen molar-refractivity contribution in [3.8, 4) is 0 Å². The molecule has 9 nitrogen and oxygen atoms in total. The lowest BCUT2D eigenvalue weighted by Gasteiger charge is -2.36. The first-order valence-corrected chi connectivity index (χ1v) is 8.81. The van der Waals surface area contributed by atoms with Gasteiger partial charge in [0, 0.05) is 32.2 Å². The minimum Gasteiger partial charge on any atom is -0.338 e. The quantitative estimate of drug-likeness (QED) is 0.605. The van der Waals surface area contributed by atoms with Crippen LogP contribution in [0.5, 0.6) is 0 Å². The summed E-state index contributed by atoms with van der Waals surface area (Å²) in [6.45, 7) is 3.70. The number of nitrogens with two attached hydrogens (primary N) is 1. The summed E-state index contributed by atoms with van der Waals surface area (Å²) in [6.07, 6.45) is 0. The molecule has 0 bridgehead atoms. The van der Waals surface area contributed by atoms with E-state index in [2.05, 4.69) is 0 Å². The van der Waals surface area contributed by atoms with E-state index in [9.17, 15) is 23.3 Å². The van der Waals surface area contributed by atoms with Gasteiger partial charge in [-0.15, -0.1) is 0 Å². The maximum absolute atomic E-state index is 12.7. The van der Waals surface area contributed by atoms with E-state index in [1.54, 1.807) is 13.8 Å². The first kappa shape index (κ1) is 18.3. The zero-order chi connectivity index (χ0) is 18.1. The Morgan fingerprint density at radius 1 is 1.21 bits per heavy atom. The number of nitro benzene ring substituents is 1. The van der Waals surface area contributed by atoms with Crippen molar-refractivity contribution in [2.75, 3.05) is 26.2 Å². The van der Waals surface area contributed by atoms with E-state index < -0.39 is 26.2 Å². The predicted molar refractivity (Wildman–Crippen MR) is 86.7 cm³/mol. The van der Waals surface area contributed by atoms with Crippen molar-refractivity contribution < 1.29 is 18.1 Å². The van der Waals surface area contributed by atoms with Gasteiger partial charge in [-0.1, -0.05) is 12.1 Å². The number of hydrogen-bond donors (Lipinski definition) is 1. The first-order chi connectivity index (χ1) is 11.0. The third kappa shape index (κ3) is 3.55. The van der Waals surface area contributed by atoms with Gasteiger partial charge in [-0.25, -0.2) is 8.42 Å². The summed E-state index contributed by atoms with van der Waals surface area (Å²) < 4.78 is 26.5. The normalized spacial score (nSPS) is 16.9. The lowest BCUT2D eigenvalue weighted by Crippen LogP contribution is -2.57. The molecule has 1 aromatic rings. The second-order valence-electron chi connectivity index (χ2n) is 6.14. The minimum absolute atomic E-state index is 0.0657. The van der Waals surface area contributed by atoms with Gasteiger partial charge in [0.2, 0.25) is 15.9 Å². The molecule has 1 aliphatic rings. The van der Waals surface area contributed by atoms with E-state index in [0.717, 1.165) is 10.4 Å². The van der Waals surface area contributed by atoms with Gasteiger partial charge >= 0.3 is 0 Å². The summed E-state index contributed by atoms with van der Waals surface area (Å²) in [5, 5.41) is 11.1. The topological polar surface area (TPSA) is 127 Å². The summed E-state index contributed by atoms with van der Waals surface area (Å²) >= 11 is 0. The molecule has 0 aromatic heterocycles. The summed E-state index contributed by atoms with van der Waals surface area (Å²) in [5.41, 5.74) is 4.29. The number of rotatable bonds is 4. The summed E-state index contributed by atoms with van der Waals surface area (Å²) in [6, 6.07) is 5.23. The molecule has 0 radical (unpaired) electrons. The second kappa shape index (κ2) is 6.46. The van der Waals surface area contributed by atoms with Crippen molar-refractivity contribution in [3.05, 3.63) is 34.4 Å². The standard InChI is InChI=1S/C14H20N4O5S/c1-14(2,15)13(19)16-7-9-17(10-8-16)24(22,23)12-6-4-3-5-11(12)18(20)21/h3-6H,7-10,15H2,1-2H3. The van der Waals surface area contributed by atoms with Crippen molar-refractivity contribution in [2.45, 2.75) is 24.3 Å². The van der Waals surface area contributed by atoms with Crippen molar-refractivity contribution in [3.63, 3.8) is 0 Å². The molecule has 2 N–H and O–H groups in total. The number of sulfonamides is 1. The van der Waals surface area contributed by atoms with Crippen molar-refractivity contribution in [1.29, 1.82) is 0 Å². The van der Waals surface area contributed by atoms with Crippen molar-refractivity contribution >= 4 is 21.6 Å². The van der Waals surface area contributed by atoms with E-state index in [-0.39, 0.29) is 37.0 Å². The van der Waals surface area contributed by atoms with Crippen LogP contribution in [0, 0.1) is 10.1 Å². The molecule has 0 spiro atoms. The van der Waals surface area contributed by atoms with E-state index >= 15 is 0 Å². The highest BCUT2D eigenvalue weighted by molar-refractivity contribution is 7.89. The van der Waals surface area contributed by atoms with Crippen LogP contribution in [0.25, 0.3) is 0 Å². The van der Waals surface area contributed by atoms with Gasteiger partial charge in [-0.05, 0) is 19.9 Å². The van der Waals surface area contributed by atoms with Crippen LogP contribution in [-0.4, -0.2) is 60.2 Å². The summed E-state index contributed by atoms with van der Waals surface area (Å²) in [4.78, 5) is 23.6. The zero-order valence-electron chi connectivity index (χ0n) is 13.5. The zero-order valence-corrected chi connectivity index (χ0v) is 14.3. The Bertz CT molecular complexity index is 749. The van der Waals surface area contributed by atoms with Crippen LogP contribution in [-0.2, 0) is 14.8 Å². The van der Waals surface area contributed by atoms with Gasteiger partial charge in [0.1, 0.15) is 0 Å². The molecule has 1 aliphatic heterocycles. The summed E-state index contributed by atoms with van der Waals surface area (Å²) in [7, 11) is -4.00. The molecule has 1 amide bonds. The monoisotopic (exact) mass is 356 g/mol. The van der Waals surface area contributed by atoms with E-state index in [1.807, 2.05) is 0 Å². The van der Waals surface area contributed by atoms with Gasteiger partial charge in [0.25, 0.3) is 5.69 Å². The van der Waals surface area contributed by atoms with Crippen molar-refractivity contribution in [1.82, 2.24) is 9.21 Å². The predicted octanol–water partition coefficient (Wildman–Crippen LogP) is 0.165. The highest BCUT2D eigenvalue weighted by Crippen LogP contribution is 2.27. The fourth-order valence-electron chi connectivity index (χ4n) is 2.50. The Morgan fingerprint density at radius 2 is 1.75 bits per heavy atom. The summed E-state index contributed by atoms with van der Waals surface area (Å²) in [5.74, 6) is -0.259. The number of para-hydroxylation sites is 1. The van der Waals surface area contributed by atoms with E-state index in [1.165, 1.54) is 23.1 Å². The number of hydrogen-bond acceptors (Lipinski definition) is 6. The average Bonchev–Trinajstić information content (AvgIpc) is 2.53. The number of carbonyl (C=O) groups excluding carboxylic acids is 1.